The maximum atomic E-state index is 11.9. The third kappa shape index (κ3) is 7.45. The van der Waals surface area contributed by atoms with Gasteiger partial charge in [-0.1, -0.05) is 48.1 Å². The molecule has 218 valence electrons. The van der Waals surface area contributed by atoms with Gasteiger partial charge >= 0.3 is 6.09 Å². The molecule has 0 bridgehead atoms. The Labute approximate surface area is 248 Å². The van der Waals surface area contributed by atoms with Crippen LogP contribution >= 0.6 is 34.8 Å². The van der Waals surface area contributed by atoms with Crippen molar-refractivity contribution in [1.29, 1.82) is 0 Å². The van der Waals surface area contributed by atoms with Crippen LogP contribution in [0.15, 0.2) is 22.2 Å². The molecule has 14 heteroatoms. The molecule has 4 N–H and O–H groups in total. The Balaban J connectivity index is 2.06. The molecule has 1 atom stereocenters. The van der Waals surface area contributed by atoms with Gasteiger partial charge in [0.15, 0.2) is 5.82 Å². The summed E-state index contributed by atoms with van der Waals surface area (Å²) in [5, 5.41) is 18.0. The Morgan fingerprint density at radius 1 is 1.25 bits per heavy atom. The predicted octanol–water partition coefficient (Wildman–Crippen LogP) is 5.04. The van der Waals surface area contributed by atoms with Crippen LogP contribution < -0.4 is 15.9 Å². The standard InChI is InChI=1S/C26H34Cl3N7O4/c1-5-6-16(37)13-40-18-8-7-17(27)19(20(18)28)24-33-23(22(31-3)14(2)35-30)21(29)25(34-24)32-15-9-11-36(12-10-15)26(38)39-4/h7-8,15-16,37H,5-6,9-13,30H2,1-4H3,(H,32,33,34)/t16-/m1/s1. The molecule has 0 radical (unpaired) electrons. The van der Waals surface area contributed by atoms with Crippen LogP contribution in [0.5, 0.6) is 5.75 Å². The van der Waals surface area contributed by atoms with Crippen molar-refractivity contribution in [3.63, 3.8) is 0 Å². The van der Waals surface area contributed by atoms with Crippen molar-refractivity contribution in [2.24, 2.45) is 15.9 Å². The number of hydrogen-bond donors (Lipinski definition) is 3. The number of carbonyl (C=O) groups excluding carboxylic acids is 1. The highest BCUT2D eigenvalue weighted by Gasteiger charge is 2.27. The van der Waals surface area contributed by atoms with Gasteiger partial charge in [-0.3, -0.25) is 4.99 Å². The van der Waals surface area contributed by atoms with Crippen molar-refractivity contribution in [2.45, 2.75) is 51.7 Å². The fraction of sp³-hybridized carbons (Fsp3) is 0.500. The number of aliphatic hydroxyl groups excluding tert-OH is 1. The number of nitrogens with two attached hydrogens (primary N) is 1. The number of methoxy groups -OCH3 is 1. The third-order valence-corrected chi connectivity index (χ3v) is 7.48. The molecule has 1 amide bonds. The average Bonchev–Trinajstić information content (AvgIpc) is 2.95. The monoisotopic (exact) mass is 613 g/mol. The lowest BCUT2D eigenvalue weighted by molar-refractivity contribution is 0.0994. The van der Waals surface area contributed by atoms with Crippen molar-refractivity contribution in [2.75, 3.05) is 39.2 Å². The van der Waals surface area contributed by atoms with Gasteiger partial charge < -0.3 is 30.6 Å². The summed E-state index contributed by atoms with van der Waals surface area (Å²) in [5.74, 6) is 6.39. The van der Waals surface area contributed by atoms with Gasteiger partial charge in [0.1, 0.15) is 34.6 Å². The summed E-state index contributed by atoms with van der Waals surface area (Å²) in [4.78, 5) is 27.2. The van der Waals surface area contributed by atoms with Crippen LogP contribution in [0.2, 0.25) is 15.1 Å². The number of nitrogens with one attached hydrogen (secondary N) is 1. The van der Waals surface area contributed by atoms with Crippen molar-refractivity contribution < 1.29 is 19.4 Å². The molecule has 0 unspecified atom stereocenters. The van der Waals surface area contributed by atoms with Gasteiger partial charge in [-0.15, -0.1) is 0 Å². The summed E-state index contributed by atoms with van der Waals surface area (Å²) in [6, 6.07) is 3.21. The number of likely N-dealkylation sites (tertiary alicyclic amines) is 1. The Morgan fingerprint density at radius 2 is 1.95 bits per heavy atom. The first kappa shape index (κ1) is 31.7. The minimum Gasteiger partial charge on any atom is -0.489 e. The third-order valence-electron chi connectivity index (χ3n) is 6.44. The molecule has 11 nitrogen and oxygen atoms in total. The number of ether oxygens (including phenoxy) is 2. The fourth-order valence-corrected chi connectivity index (χ4v) is 5.12. The number of nitrogens with zero attached hydrogens (tertiary/aromatic N) is 5. The van der Waals surface area contributed by atoms with E-state index in [0.717, 1.165) is 6.42 Å². The molecule has 1 aliphatic rings. The number of hydrazone groups is 1. The first-order valence-corrected chi connectivity index (χ1v) is 14.0. The van der Waals surface area contributed by atoms with Crippen LogP contribution in [-0.4, -0.2) is 83.5 Å². The second-order valence-corrected chi connectivity index (χ2v) is 10.4. The molecule has 1 saturated heterocycles. The lowest BCUT2D eigenvalue weighted by Crippen LogP contribution is -2.42. The van der Waals surface area contributed by atoms with E-state index in [9.17, 15) is 9.90 Å². The summed E-state index contributed by atoms with van der Waals surface area (Å²) in [6.07, 6.45) is 1.69. The minimum absolute atomic E-state index is 0.0408. The van der Waals surface area contributed by atoms with E-state index in [1.54, 1.807) is 31.0 Å². The van der Waals surface area contributed by atoms with Crippen molar-refractivity contribution in [1.82, 2.24) is 14.9 Å². The van der Waals surface area contributed by atoms with Crippen LogP contribution in [0.3, 0.4) is 0 Å². The van der Waals surface area contributed by atoms with Gasteiger partial charge in [-0.2, -0.15) is 5.10 Å². The topological polar surface area (TPSA) is 148 Å². The van der Waals surface area contributed by atoms with E-state index < -0.39 is 6.10 Å². The molecule has 1 aromatic carbocycles. The fourth-order valence-electron chi connectivity index (χ4n) is 4.29. The molecule has 0 saturated carbocycles. The average molecular weight is 615 g/mol. The summed E-state index contributed by atoms with van der Waals surface area (Å²) in [5.41, 5.74) is 1.38. The molecule has 40 heavy (non-hydrogen) atoms. The molecule has 0 aliphatic carbocycles. The van der Waals surface area contributed by atoms with Crippen molar-refractivity contribution in [3.8, 4) is 17.1 Å². The molecule has 2 aromatic rings. The second-order valence-electron chi connectivity index (χ2n) is 9.21. The number of halogens is 3. The van der Waals surface area contributed by atoms with Gasteiger partial charge in [-0.05, 0) is 38.3 Å². The van der Waals surface area contributed by atoms with E-state index in [1.807, 2.05) is 6.92 Å². The second kappa shape index (κ2) is 14.7. The normalized spacial score (nSPS) is 15.7. The first-order chi connectivity index (χ1) is 19.1. The van der Waals surface area contributed by atoms with Crippen LogP contribution in [0.25, 0.3) is 11.4 Å². The van der Waals surface area contributed by atoms with Crippen LogP contribution in [0.1, 0.15) is 45.2 Å². The van der Waals surface area contributed by atoms with E-state index in [2.05, 4.69) is 20.4 Å². The number of benzene rings is 1. The maximum Gasteiger partial charge on any atom is 0.409 e. The van der Waals surface area contributed by atoms with Crippen LogP contribution in [0, 0.1) is 0 Å². The number of hydrogen-bond acceptors (Lipinski definition) is 10. The van der Waals surface area contributed by atoms with Crippen LogP contribution in [-0.2, 0) is 4.74 Å². The van der Waals surface area contributed by atoms with Crippen LogP contribution in [0.4, 0.5) is 10.6 Å². The molecule has 0 spiro atoms. The SMILES string of the molecule is CCC[C@@H](O)COc1ccc(Cl)c(-c2nc(NC3CCN(C(=O)OC)CC3)c(Cl)c(C(=NC)C(C)=NN)n2)c1Cl. The Morgan fingerprint density at radius 3 is 2.55 bits per heavy atom. The van der Waals surface area contributed by atoms with E-state index in [1.165, 1.54) is 7.11 Å². The summed E-state index contributed by atoms with van der Waals surface area (Å²) in [7, 11) is 2.94. The molecular weight excluding hydrogens is 581 g/mol. The summed E-state index contributed by atoms with van der Waals surface area (Å²) in [6.45, 7) is 4.75. The molecular formula is C26H34Cl3N7O4. The van der Waals surface area contributed by atoms with Gasteiger partial charge in [0.05, 0.1) is 34.5 Å². The van der Waals surface area contributed by atoms with Gasteiger partial charge in [0.25, 0.3) is 0 Å². The molecule has 1 fully saturated rings. The Bertz CT molecular complexity index is 1270. The number of anilines is 1. The number of aromatic nitrogens is 2. The number of piperidine rings is 1. The number of carbonyl (C=O) groups is 1. The highest BCUT2D eigenvalue weighted by Crippen LogP contribution is 2.41. The Kier molecular flexibility index (Phi) is 11.6. The maximum absolute atomic E-state index is 11.9. The highest BCUT2D eigenvalue weighted by atomic mass is 35.5. The van der Waals surface area contributed by atoms with Crippen molar-refractivity contribution >= 4 is 58.1 Å². The lowest BCUT2D eigenvalue weighted by Gasteiger charge is -2.32. The molecule has 1 aromatic heterocycles. The number of aliphatic hydroxyl groups is 1. The number of aliphatic imine (C=N–C) groups is 1. The summed E-state index contributed by atoms with van der Waals surface area (Å²) < 4.78 is 10.6. The smallest absolute Gasteiger partial charge is 0.409 e. The van der Waals surface area contributed by atoms with E-state index in [4.69, 9.17) is 55.1 Å². The molecule has 3 rings (SSSR count). The largest absolute Gasteiger partial charge is 0.489 e. The first-order valence-electron chi connectivity index (χ1n) is 12.8. The molecule has 1 aliphatic heterocycles. The zero-order chi connectivity index (χ0) is 29.4. The zero-order valence-corrected chi connectivity index (χ0v) is 25.1. The van der Waals surface area contributed by atoms with E-state index >= 15 is 0 Å². The highest BCUT2D eigenvalue weighted by molar-refractivity contribution is 6.50. The van der Waals surface area contributed by atoms with Gasteiger partial charge in [0.2, 0.25) is 0 Å². The predicted molar refractivity (Wildman–Crippen MR) is 159 cm³/mol. The van der Waals surface area contributed by atoms with Gasteiger partial charge in [0, 0.05) is 26.2 Å². The number of amides is 1. The van der Waals surface area contributed by atoms with Gasteiger partial charge in [-0.25, -0.2) is 14.8 Å². The van der Waals surface area contributed by atoms with E-state index in [-0.39, 0.29) is 45.3 Å². The zero-order valence-electron chi connectivity index (χ0n) is 22.9. The van der Waals surface area contributed by atoms with E-state index in [0.29, 0.717) is 60.9 Å². The lowest BCUT2D eigenvalue weighted by atomic mass is 10.1. The minimum atomic E-state index is -0.637. The number of rotatable bonds is 10. The molecule has 2 heterocycles. The quantitative estimate of drug-likeness (QED) is 0.192. The van der Waals surface area contributed by atoms with Crippen molar-refractivity contribution in [3.05, 3.63) is 32.9 Å². The Hall–Kier alpha value is -2.86. The summed E-state index contributed by atoms with van der Waals surface area (Å²) >= 11 is 20.2.